The first kappa shape index (κ1) is 19.7. The Kier molecular flexibility index (Phi) is 5.21. The van der Waals surface area contributed by atoms with Crippen molar-refractivity contribution in [2.75, 3.05) is 9.62 Å². The van der Waals surface area contributed by atoms with E-state index in [1.54, 1.807) is 35.7 Å². The van der Waals surface area contributed by atoms with Crippen molar-refractivity contribution in [3.63, 3.8) is 0 Å². The molecule has 0 spiro atoms. The van der Waals surface area contributed by atoms with Crippen LogP contribution < -0.4 is 9.62 Å². The third-order valence-corrected chi connectivity index (χ3v) is 7.46. The molecule has 0 bridgehead atoms. The fraction of sp³-hybridized carbons (Fsp3) is 0.0952. The lowest BCUT2D eigenvalue weighted by Crippen LogP contribution is -2.38. The number of allylic oxidation sites excluding steroid dienone is 1. The zero-order valence-corrected chi connectivity index (χ0v) is 17.8. The SMILES string of the molecule is Cc1cccc(NC=C2C(=O)c3sccc3N(Cc3ccc(Cl)cc3)S2(=O)=O)c1. The van der Waals surface area contributed by atoms with E-state index in [0.717, 1.165) is 11.1 Å². The summed E-state index contributed by atoms with van der Waals surface area (Å²) in [6.45, 7) is 2.05. The van der Waals surface area contributed by atoms with E-state index in [9.17, 15) is 13.2 Å². The number of thiophene rings is 1. The Bertz CT molecular complexity index is 1210. The number of aryl methyl sites for hydroxylation is 1. The molecule has 0 saturated heterocycles. The quantitative estimate of drug-likeness (QED) is 0.562. The minimum absolute atomic E-state index is 0.109. The molecule has 2 heterocycles. The second-order valence-corrected chi connectivity index (χ2v) is 9.81. The summed E-state index contributed by atoms with van der Waals surface area (Å²) in [5.41, 5.74) is 2.91. The van der Waals surface area contributed by atoms with Crippen LogP contribution in [0.1, 0.15) is 20.8 Å². The van der Waals surface area contributed by atoms with E-state index < -0.39 is 15.8 Å². The van der Waals surface area contributed by atoms with Gasteiger partial charge in [0.1, 0.15) is 4.88 Å². The summed E-state index contributed by atoms with van der Waals surface area (Å²) in [5.74, 6) is -0.498. The molecule has 5 nitrogen and oxygen atoms in total. The Balaban J connectivity index is 1.74. The predicted octanol–water partition coefficient (Wildman–Crippen LogP) is 5.20. The Labute approximate surface area is 178 Å². The van der Waals surface area contributed by atoms with Gasteiger partial charge in [-0.3, -0.25) is 9.10 Å². The number of rotatable bonds is 4. The number of benzene rings is 2. The number of sulfonamides is 1. The first-order valence-corrected chi connectivity index (χ1v) is 11.5. The molecular formula is C21H17ClN2O3S2. The average molecular weight is 445 g/mol. The summed E-state index contributed by atoms with van der Waals surface area (Å²) < 4.78 is 27.9. The van der Waals surface area contributed by atoms with E-state index in [2.05, 4.69) is 5.32 Å². The molecule has 0 radical (unpaired) electrons. The summed E-state index contributed by atoms with van der Waals surface area (Å²) in [5, 5.41) is 5.25. The van der Waals surface area contributed by atoms with Gasteiger partial charge in [-0.05, 0) is 53.8 Å². The van der Waals surface area contributed by atoms with Gasteiger partial charge in [-0.1, -0.05) is 35.9 Å². The Morgan fingerprint density at radius 1 is 1.14 bits per heavy atom. The lowest BCUT2D eigenvalue weighted by molar-refractivity contribution is 0.104. The maximum Gasteiger partial charge on any atom is 0.270 e. The number of hydrogen-bond acceptors (Lipinski definition) is 5. The maximum absolute atomic E-state index is 13.3. The molecule has 0 aliphatic carbocycles. The van der Waals surface area contributed by atoms with Crippen molar-refractivity contribution in [1.29, 1.82) is 0 Å². The fourth-order valence-electron chi connectivity index (χ4n) is 3.10. The van der Waals surface area contributed by atoms with Crippen LogP contribution in [0.15, 0.2) is 71.1 Å². The van der Waals surface area contributed by atoms with Crippen LogP contribution in [0.3, 0.4) is 0 Å². The Morgan fingerprint density at radius 2 is 1.90 bits per heavy atom. The molecule has 8 heteroatoms. The van der Waals surface area contributed by atoms with Gasteiger partial charge in [-0.25, -0.2) is 8.42 Å². The number of halogens is 1. The highest BCUT2D eigenvalue weighted by Crippen LogP contribution is 2.39. The lowest BCUT2D eigenvalue weighted by atomic mass is 10.2. The van der Waals surface area contributed by atoms with Crippen molar-refractivity contribution >= 4 is 50.1 Å². The van der Waals surface area contributed by atoms with Crippen molar-refractivity contribution in [2.24, 2.45) is 0 Å². The van der Waals surface area contributed by atoms with Gasteiger partial charge in [-0.15, -0.1) is 11.3 Å². The molecule has 0 saturated carbocycles. The van der Waals surface area contributed by atoms with Crippen LogP contribution in [0, 0.1) is 6.92 Å². The second-order valence-electron chi connectivity index (χ2n) is 6.62. The summed E-state index contributed by atoms with van der Waals surface area (Å²) in [6, 6.07) is 16.1. The first-order valence-electron chi connectivity index (χ1n) is 8.79. The van der Waals surface area contributed by atoms with Crippen molar-refractivity contribution in [1.82, 2.24) is 0 Å². The van der Waals surface area contributed by atoms with Crippen LogP contribution in [0.2, 0.25) is 5.02 Å². The van der Waals surface area contributed by atoms with Crippen molar-refractivity contribution < 1.29 is 13.2 Å². The number of carbonyl (C=O) groups excluding carboxylic acids is 1. The minimum atomic E-state index is -4.03. The van der Waals surface area contributed by atoms with E-state index in [4.69, 9.17) is 11.6 Å². The van der Waals surface area contributed by atoms with Crippen LogP contribution in [0.25, 0.3) is 0 Å². The molecule has 1 aromatic heterocycles. The van der Waals surface area contributed by atoms with Crippen molar-refractivity contribution in [2.45, 2.75) is 13.5 Å². The van der Waals surface area contributed by atoms with Crippen molar-refractivity contribution in [3.8, 4) is 0 Å². The predicted molar refractivity (Wildman–Crippen MR) is 118 cm³/mol. The zero-order chi connectivity index (χ0) is 20.6. The van der Waals surface area contributed by atoms with Gasteiger partial charge in [0.15, 0.2) is 4.91 Å². The third kappa shape index (κ3) is 3.81. The van der Waals surface area contributed by atoms with Gasteiger partial charge < -0.3 is 5.32 Å². The Morgan fingerprint density at radius 3 is 2.62 bits per heavy atom. The van der Waals surface area contributed by atoms with Gasteiger partial charge >= 0.3 is 0 Å². The number of Topliss-reactive ketones (excluding diaryl/α,β-unsaturated/α-hetero) is 1. The number of nitrogens with one attached hydrogen (secondary N) is 1. The fourth-order valence-corrected chi connectivity index (χ4v) is 5.70. The molecule has 0 unspecified atom stereocenters. The number of carbonyl (C=O) groups is 1. The number of nitrogens with zero attached hydrogens (tertiary/aromatic N) is 1. The monoisotopic (exact) mass is 444 g/mol. The molecule has 4 rings (SSSR count). The van der Waals surface area contributed by atoms with E-state index in [1.165, 1.54) is 21.8 Å². The highest BCUT2D eigenvalue weighted by molar-refractivity contribution is 7.97. The van der Waals surface area contributed by atoms with E-state index >= 15 is 0 Å². The molecule has 0 fully saturated rings. The molecule has 29 heavy (non-hydrogen) atoms. The van der Waals surface area contributed by atoms with Gasteiger partial charge in [0.2, 0.25) is 5.78 Å². The lowest BCUT2D eigenvalue weighted by Gasteiger charge is -2.29. The normalized spacial score (nSPS) is 16.7. The van der Waals surface area contributed by atoms with Crippen molar-refractivity contribution in [3.05, 3.63) is 92.1 Å². The van der Waals surface area contributed by atoms with Crippen LogP contribution in [-0.4, -0.2) is 14.2 Å². The van der Waals surface area contributed by atoms with Crippen LogP contribution >= 0.6 is 22.9 Å². The molecule has 1 aliphatic rings. The van der Waals surface area contributed by atoms with E-state index in [1.807, 2.05) is 31.2 Å². The van der Waals surface area contributed by atoms with Gasteiger partial charge in [0.05, 0.1) is 12.2 Å². The molecule has 0 amide bonds. The molecule has 0 atom stereocenters. The molecule has 3 aromatic rings. The minimum Gasteiger partial charge on any atom is -0.360 e. The topological polar surface area (TPSA) is 66.5 Å². The van der Waals surface area contributed by atoms with Crippen LogP contribution in [0.5, 0.6) is 0 Å². The van der Waals surface area contributed by atoms with Gasteiger partial charge in [-0.2, -0.15) is 0 Å². The third-order valence-electron chi connectivity index (χ3n) is 4.54. The van der Waals surface area contributed by atoms with Gasteiger partial charge in [0.25, 0.3) is 10.0 Å². The van der Waals surface area contributed by atoms with E-state index in [-0.39, 0.29) is 11.4 Å². The number of fused-ring (bicyclic) bond motifs is 1. The second kappa shape index (κ2) is 7.67. The average Bonchev–Trinajstić information content (AvgIpc) is 3.16. The van der Waals surface area contributed by atoms with Crippen LogP contribution in [-0.2, 0) is 16.6 Å². The summed E-state index contributed by atoms with van der Waals surface area (Å²) in [4.78, 5) is 13.0. The number of anilines is 2. The summed E-state index contributed by atoms with van der Waals surface area (Å²) >= 11 is 7.17. The Hall–Kier alpha value is -2.61. The standard InChI is InChI=1S/C21H17ClN2O3S2/c1-14-3-2-4-17(11-14)23-12-19-20(25)21-18(9-10-28-21)24(29(19,26)27)13-15-5-7-16(22)8-6-15/h2-12,23H,13H2,1H3. The maximum atomic E-state index is 13.3. The molecule has 2 aromatic carbocycles. The highest BCUT2D eigenvalue weighted by atomic mass is 35.5. The van der Waals surface area contributed by atoms with Crippen LogP contribution in [0.4, 0.5) is 11.4 Å². The number of hydrogen-bond donors (Lipinski definition) is 1. The molecular weight excluding hydrogens is 428 g/mol. The van der Waals surface area contributed by atoms with E-state index in [0.29, 0.717) is 21.3 Å². The zero-order valence-electron chi connectivity index (χ0n) is 15.4. The largest absolute Gasteiger partial charge is 0.360 e. The van der Waals surface area contributed by atoms with Gasteiger partial charge in [0, 0.05) is 16.9 Å². The summed E-state index contributed by atoms with van der Waals surface area (Å²) in [6.07, 6.45) is 1.28. The molecule has 1 N–H and O–H groups in total. The molecule has 1 aliphatic heterocycles. The number of ketones is 1. The first-order chi connectivity index (χ1) is 13.9. The summed E-state index contributed by atoms with van der Waals surface area (Å²) in [7, 11) is -4.03. The highest BCUT2D eigenvalue weighted by Gasteiger charge is 2.41. The smallest absolute Gasteiger partial charge is 0.270 e. The molecule has 148 valence electrons.